The summed E-state index contributed by atoms with van der Waals surface area (Å²) in [4.78, 5) is 11.6. The summed E-state index contributed by atoms with van der Waals surface area (Å²) in [5, 5.41) is 10.6. The summed E-state index contributed by atoms with van der Waals surface area (Å²) in [6.07, 6.45) is 1.61. The van der Waals surface area contributed by atoms with Gasteiger partial charge in [0.25, 0.3) is 0 Å². The maximum Gasteiger partial charge on any atom is 0.340 e. The highest BCUT2D eigenvalue weighted by Gasteiger charge is 2.13. The van der Waals surface area contributed by atoms with Crippen LogP contribution in [-0.4, -0.2) is 28.1 Å². The average Bonchev–Trinajstić information content (AvgIpc) is 2.82. The Balaban J connectivity index is 2.20. The summed E-state index contributed by atoms with van der Waals surface area (Å²) >= 11 is 0. The summed E-state index contributed by atoms with van der Waals surface area (Å²) in [6, 6.07) is 3.90. The van der Waals surface area contributed by atoms with Crippen LogP contribution in [0.15, 0.2) is 24.4 Å². The van der Waals surface area contributed by atoms with Gasteiger partial charge in [-0.2, -0.15) is 0 Å². The minimum absolute atomic E-state index is 0.151. The average molecular weight is 264 g/mol. The second-order valence-electron chi connectivity index (χ2n) is 3.88. The topological polar surface area (TPSA) is 69.0 Å². The van der Waals surface area contributed by atoms with Crippen LogP contribution < -0.4 is 5.32 Å². The molecular weight excluding hydrogens is 251 g/mol. The number of anilines is 1. The van der Waals surface area contributed by atoms with Crippen molar-refractivity contribution in [1.29, 1.82) is 0 Å². The highest BCUT2D eigenvalue weighted by molar-refractivity contribution is 5.95. The van der Waals surface area contributed by atoms with Gasteiger partial charge in [-0.05, 0) is 18.2 Å². The molecule has 19 heavy (non-hydrogen) atoms. The molecule has 6 nitrogen and oxygen atoms in total. The molecule has 1 aromatic heterocycles. The number of esters is 1. The van der Waals surface area contributed by atoms with Gasteiger partial charge in [-0.25, -0.2) is 9.18 Å². The van der Waals surface area contributed by atoms with Gasteiger partial charge in [0, 0.05) is 12.7 Å². The van der Waals surface area contributed by atoms with Gasteiger partial charge in [0.15, 0.2) is 0 Å². The molecule has 2 rings (SSSR count). The number of aromatic nitrogens is 3. The Morgan fingerprint density at radius 3 is 2.95 bits per heavy atom. The lowest BCUT2D eigenvalue weighted by Gasteiger charge is -2.10. The number of aryl methyl sites for hydroxylation is 1. The molecule has 0 aliphatic heterocycles. The molecule has 2 aromatic rings. The van der Waals surface area contributed by atoms with E-state index in [-0.39, 0.29) is 5.56 Å². The molecule has 7 heteroatoms. The van der Waals surface area contributed by atoms with E-state index in [1.165, 1.54) is 19.2 Å². The van der Waals surface area contributed by atoms with Crippen LogP contribution in [0.5, 0.6) is 0 Å². The maximum atomic E-state index is 13.2. The third kappa shape index (κ3) is 2.87. The minimum Gasteiger partial charge on any atom is -0.465 e. The van der Waals surface area contributed by atoms with E-state index < -0.39 is 11.8 Å². The van der Waals surface area contributed by atoms with Gasteiger partial charge >= 0.3 is 5.97 Å². The largest absolute Gasteiger partial charge is 0.465 e. The van der Waals surface area contributed by atoms with Crippen molar-refractivity contribution >= 4 is 11.7 Å². The number of ether oxygens (including phenoxy) is 1. The highest BCUT2D eigenvalue weighted by atomic mass is 19.1. The van der Waals surface area contributed by atoms with Crippen LogP contribution >= 0.6 is 0 Å². The molecule has 100 valence electrons. The Labute approximate surface area is 109 Å². The van der Waals surface area contributed by atoms with E-state index >= 15 is 0 Å². The van der Waals surface area contributed by atoms with Crippen LogP contribution in [0, 0.1) is 5.82 Å². The Hall–Kier alpha value is -2.44. The van der Waals surface area contributed by atoms with Crippen LogP contribution in [0.1, 0.15) is 16.1 Å². The number of nitrogens with zero attached hydrogens (tertiary/aromatic N) is 3. The Bertz CT molecular complexity index is 597. The minimum atomic E-state index is -0.592. The fraction of sp³-hybridized carbons (Fsp3) is 0.250. The van der Waals surface area contributed by atoms with Crippen molar-refractivity contribution in [2.24, 2.45) is 7.05 Å². The van der Waals surface area contributed by atoms with Gasteiger partial charge in [0.2, 0.25) is 0 Å². The first kappa shape index (κ1) is 13.0. The second kappa shape index (κ2) is 5.47. The molecule has 0 fully saturated rings. The predicted octanol–water partition coefficient (Wildman–Crippen LogP) is 1.35. The summed E-state index contributed by atoms with van der Waals surface area (Å²) in [5.74, 6) is -1.08. The number of hydrogen-bond acceptors (Lipinski definition) is 5. The molecule has 1 heterocycles. The highest BCUT2D eigenvalue weighted by Crippen LogP contribution is 2.18. The number of methoxy groups -OCH3 is 1. The molecule has 0 saturated heterocycles. The molecule has 0 aliphatic rings. The van der Waals surface area contributed by atoms with E-state index in [0.717, 1.165) is 11.8 Å². The van der Waals surface area contributed by atoms with E-state index in [1.54, 1.807) is 17.9 Å². The van der Waals surface area contributed by atoms with Crippen molar-refractivity contribution in [3.05, 3.63) is 41.5 Å². The number of benzene rings is 1. The molecule has 0 amide bonds. The zero-order valence-corrected chi connectivity index (χ0v) is 10.6. The summed E-state index contributed by atoms with van der Waals surface area (Å²) in [7, 11) is 3.01. The van der Waals surface area contributed by atoms with Gasteiger partial charge in [-0.3, -0.25) is 4.68 Å². The first-order valence-corrected chi connectivity index (χ1v) is 5.57. The fourth-order valence-corrected chi connectivity index (χ4v) is 1.61. The fourth-order valence-electron chi connectivity index (χ4n) is 1.61. The number of halogens is 1. The van der Waals surface area contributed by atoms with Gasteiger partial charge in [0.1, 0.15) is 5.82 Å². The zero-order valence-electron chi connectivity index (χ0n) is 10.6. The van der Waals surface area contributed by atoms with Gasteiger partial charge in [-0.1, -0.05) is 5.21 Å². The van der Waals surface area contributed by atoms with Crippen LogP contribution in [0.2, 0.25) is 0 Å². The molecule has 0 radical (unpaired) electrons. The van der Waals surface area contributed by atoms with Gasteiger partial charge in [-0.15, -0.1) is 5.10 Å². The predicted molar refractivity (Wildman–Crippen MR) is 66.1 cm³/mol. The molecule has 1 N–H and O–H groups in total. The summed E-state index contributed by atoms with van der Waals surface area (Å²) < 4.78 is 19.4. The smallest absolute Gasteiger partial charge is 0.340 e. The lowest BCUT2D eigenvalue weighted by Crippen LogP contribution is -2.10. The van der Waals surface area contributed by atoms with Gasteiger partial charge in [0.05, 0.1) is 31.1 Å². The van der Waals surface area contributed by atoms with E-state index in [0.29, 0.717) is 12.2 Å². The molecular formula is C12H13FN4O2. The molecule has 0 unspecified atom stereocenters. The van der Waals surface area contributed by atoms with E-state index in [9.17, 15) is 9.18 Å². The first-order chi connectivity index (χ1) is 9.11. The maximum absolute atomic E-state index is 13.2. The molecule has 0 spiro atoms. The van der Waals surface area contributed by atoms with Crippen LogP contribution in [-0.2, 0) is 18.3 Å². The Morgan fingerprint density at radius 1 is 1.53 bits per heavy atom. The molecule has 0 aliphatic carbocycles. The number of rotatable bonds is 4. The Kier molecular flexibility index (Phi) is 3.74. The molecule has 0 atom stereocenters. The zero-order chi connectivity index (χ0) is 13.8. The van der Waals surface area contributed by atoms with Crippen molar-refractivity contribution in [2.75, 3.05) is 12.4 Å². The van der Waals surface area contributed by atoms with E-state index in [1.807, 2.05) is 0 Å². The normalized spacial score (nSPS) is 10.3. The van der Waals surface area contributed by atoms with E-state index in [4.69, 9.17) is 0 Å². The monoisotopic (exact) mass is 264 g/mol. The lowest BCUT2D eigenvalue weighted by atomic mass is 10.1. The van der Waals surface area contributed by atoms with Crippen molar-refractivity contribution in [1.82, 2.24) is 15.0 Å². The summed E-state index contributed by atoms with van der Waals surface area (Å²) in [6.45, 7) is 0.416. The second-order valence-corrected chi connectivity index (χ2v) is 3.88. The van der Waals surface area contributed by atoms with Crippen molar-refractivity contribution in [2.45, 2.75) is 6.54 Å². The Morgan fingerprint density at radius 2 is 2.32 bits per heavy atom. The standard InChI is InChI=1S/C12H13FN4O2/c1-17-9(7-15-16-17)6-14-11-4-3-8(13)5-10(11)12(18)19-2/h3-5,7,14H,6H2,1-2H3. The molecule has 1 aromatic carbocycles. The SMILES string of the molecule is COC(=O)c1cc(F)ccc1NCc1cnnn1C. The first-order valence-electron chi connectivity index (χ1n) is 5.57. The molecule has 0 saturated carbocycles. The third-order valence-electron chi connectivity index (χ3n) is 2.66. The third-order valence-corrected chi connectivity index (χ3v) is 2.66. The number of nitrogens with one attached hydrogen (secondary N) is 1. The molecule has 0 bridgehead atoms. The van der Waals surface area contributed by atoms with Crippen molar-refractivity contribution in [3.63, 3.8) is 0 Å². The van der Waals surface area contributed by atoms with Crippen LogP contribution in [0.3, 0.4) is 0 Å². The van der Waals surface area contributed by atoms with E-state index in [2.05, 4.69) is 20.4 Å². The quantitative estimate of drug-likeness (QED) is 0.844. The number of carbonyl (C=O) groups is 1. The lowest BCUT2D eigenvalue weighted by molar-refractivity contribution is 0.0601. The van der Waals surface area contributed by atoms with Crippen molar-refractivity contribution < 1.29 is 13.9 Å². The van der Waals surface area contributed by atoms with Crippen LogP contribution in [0.25, 0.3) is 0 Å². The summed E-state index contributed by atoms with van der Waals surface area (Å²) in [5.41, 5.74) is 1.48. The number of hydrogen-bond donors (Lipinski definition) is 1. The van der Waals surface area contributed by atoms with Crippen LogP contribution in [0.4, 0.5) is 10.1 Å². The van der Waals surface area contributed by atoms with Gasteiger partial charge < -0.3 is 10.1 Å². The van der Waals surface area contributed by atoms with Crippen molar-refractivity contribution in [3.8, 4) is 0 Å². The number of carbonyl (C=O) groups excluding carboxylic acids is 1.